The first-order valence-corrected chi connectivity index (χ1v) is 6.86. The third kappa shape index (κ3) is 5.06. The summed E-state index contributed by atoms with van der Waals surface area (Å²) in [5.74, 6) is -1.10. The maximum absolute atomic E-state index is 11.5. The molecule has 0 bridgehead atoms. The lowest BCUT2D eigenvalue weighted by atomic mass is 10.1. The van der Waals surface area contributed by atoms with Crippen LogP contribution >= 0.6 is 12.2 Å². The number of primary amides is 2. The van der Waals surface area contributed by atoms with Gasteiger partial charge in [-0.05, 0) is 38.1 Å². The lowest BCUT2D eigenvalue weighted by molar-refractivity contribution is -0.118. The number of carbonyl (C=O) groups is 2. The summed E-state index contributed by atoms with van der Waals surface area (Å²) in [6.07, 6.45) is 1.55. The van der Waals surface area contributed by atoms with Crippen LogP contribution in [-0.2, 0) is 4.79 Å². The summed E-state index contributed by atoms with van der Waals surface area (Å²) in [5.41, 5.74) is 17.9. The minimum atomic E-state index is -0.603. The van der Waals surface area contributed by atoms with Crippen LogP contribution in [0.3, 0.4) is 0 Å². The van der Waals surface area contributed by atoms with Crippen molar-refractivity contribution in [3.63, 3.8) is 0 Å². The molecule has 0 saturated carbocycles. The van der Waals surface area contributed by atoms with E-state index < -0.39 is 17.9 Å². The van der Waals surface area contributed by atoms with Gasteiger partial charge < -0.3 is 27.8 Å². The van der Waals surface area contributed by atoms with Gasteiger partial charge in [0.05, 0.1) is 11.3 Å². The van der Waals surface area contributed by atoms with Gasteiger partial charge in [0, 0.05) is 11.4 Å². The first-order chi connectivity index (χ1) is 10.2. The molecule has 0 fully saturated rings. The van der Waals surface area contributed by atoms with Gasteiger partial charge in [-0.15, -0.1) is 0 Å². The second-order valence-electron chi connectivity index (χ2n) is 4.77. The summed E-state index contributed by atoms with van der Waals surface area (Å²) in [6.45, 7) is 3.32. The molecule has 1 atom stereocenters. The molecule has 0 radical (unpaired) electrons. The van der Waals surface area contributed by atoms with Crippen molar-refractivity contribution in [2.75, 3.05) is 10.6 Å². The molecular formula is C14H19N5O2S. The normalized spacial score (nSPS) is 12.4. The maximum atomic E-state index is 11.5. The highest BCUT2D eigenvalue weighted by Gasteiger charge is 2.13. The van der Waals surface area contributed by atoms with Gasteiger partial charge in [-0.1, -0.05) is 12.2 Å². The zero-order valence-corrected chi connectivity index (χ0v) is 13.2. The van der Waals surface area contributed by atoms with E-state index >= 15 is 0 Å². The molecule has 1 aromatic rings. The molecule has 7 nitrogen and oxygen atoms in total. The van der Waals surface area contributed by atoms with Crippen molar-refractivity contribution < 1.29 is 9.59 Å². The van der Waals surface area contributed by atoms with Gasteiger partial charge in [0.2, 0.25) is 5.91 Å². The fraction of sp³-hybridized carbons (Fsp3) is 0.214. The summed E-state index contributed by atoms with van der Waals surface area (Å²) in [4.78, 5) is 22.9. The van der Waals surface area contributed by atoms with E-state index in [4.69, 9.17) is 29.4 Å². The Hall–Kier alpha value is -2.61. The van der Waals surface area contributed by atoms with Crippen LogP contribution in [0.15, 0.2) is 30.0 Å². The van der Waals surface area contributed by atoms with E-state index in [1.54, 1.807) is 32.1 Å². The predicted octanol–water partition coefficient (Wildman–Crippen LogP) is 0.673. The molecule has 0 unspecified atom stereocenters. The Morgan fingerprint density at radius 3 is 2.41 bits per heavy atom. The highest BCUT2D eigenvalue weighted by atomic mass is 32.1. The number of thiocarbonyl (C=S) groups is 1. The Bertz CT molecular complexity index is 638. The minimum Gasteiger partial charge on any atom is -0.402 e. The molecule has 1 aromatic carbocycles. The molecule has 0 aliphatic heterocycles. The SMILES string of the molecule is CC(N)=CC(=S)Nc1cc(N[C@H](C)C(N)=O)ccc1C(N)=O. The van der Waals surface area contributed by atoms with Crippen LogP contribution in [0.25, 0.3) is 0 Å². The molecule has 0 aliphatic carbocycles. The Morgan fingerprint density at radius 2 is 1.91 bits per heavy atom. The van der Waals surface area contributed by atoms with Crippen molar-refractivity contribution in [3.05, 3.63) is 35.5 Å². The molecule has 22 heavy (non-hydrogen) atoms. The Labute approximate surface area is 133 Å². The number of nitrogens with one attached hydrogen (secondary N) is 2. The standard InChI is InChI=1S/C14H19N5O2S/c1-7(15)5-12(22)19-11-6-9(18-8(2)13(16)20)3-4-10(11)14(17)21/h3-6,8,18H,15H2,1-2H3,(H2,16,20)(H2,17,21)(H,19,22)/t8-/m1/s1. The third-order valence-electron chi connectivity index (χ3n) is 2.71. The van der Waals surface area contributed by atoms with Crippen molar-refractivity contribution in [1.82, 2.24) is 0 Å². The largest absolute Gasteiger partial charge is 0.402 e. The zero-order chi connectivity index (χ0) is 16.9. The van der Waals surface area contributed by atoms with Crippen LogP contribution in [-0.4, -0.2) is 22.8 Å². The van der Waals surface area contributed by atoms with Crippen LogP contribution < -0.4 is 27.8 Å². The summed E-state index contributed by atoms with van der Waals surface area (Å²) in [6, 6.07) is 4.21. The average molecular weight is 321 g/mol. The zero-order valence-electron chi connectivity index (χ0n) is 12.3. The number of benzene rings is 1. The number of hydrogen-bond donors (Lipinski definition) is 5. The van der Waals surface area contributed by atoms with Gasteiger partial charge in [-0.2, -0.15) is 0 Å². The first kappa shape index (κ1) is 17.4. The van der Waals surface area contributed by atoms with Crippen LogP contribution in [0.4, 0.5) is 11.4 Å². The second kappa shape index (κ2) is 7.41. The fourth-order valence-electron chi connectivity index (χ4n) is 1.65. The van der Waals surface area contributed by atoms with Crippen molar-refractivity contribution in [2.24, 2.45) is 17.2 Å². The summed E-state index contributed by atoms with van der Waals surface area (Å²) in [5, 5.41) is 5.80. The van der Waals surface area contributed by atoms with Crippen molar-refractivity contribution in [3.8, 4) is 0 Å². The van der Waals surface area contributed by atoms with Gasteiger partial charge in [-0.3, -0.25) is 9.59 Å². The molecule has 8 N–H and O–H groups in total. The van der Waals surface area contributed by atoms with Gasteiger partial charge in [0.25, 0.3) is 5.91 Å². The predicted molar refractivity (Wildman–Crippen MR) is 91.4 cm³/mol. The van der Waals surface area contributed by atoms with E-state index in [0.29, 0.717) is 22.1 Å². The van der Waals surface area contributed by atoms with E-state index in [0.717, 1.165) is 0 Å². The molecule has 2 amide bonds. The molecule has 0 heterocycles. The van der Waals surface area contributed by atoms with Crippen molar-refractivity contribution >= 4 is 40.4 Å². The Kier molecular flexibility index (Phi) is 5.88. The average Bonchev–Trinajstić information content (AvgIpc) is 2.37. The molecule has 0 aromatic heterocycles. The monoisotopic (exact) mass is 321 g/mol. The number of nitrogens with two attached hydrogens (primary N) is 3. The molecule has 118 valence electrons. The fourth-order valence-corrected chi connectivity index (χ4v) is 1.94. The van der Waals surface area contributed by atoms with Gasteiger partial charge in [-0.25, -0.2) is 0 Å². The lowest BCUT2D eigenvalue weighted by Gasteiger charge is -2.15. The van der Waals surface area contributed by atoms with Crippen LogP contribution in [0, 0.1) is 0 Å². The van der Waals surface area contributed by atoms with Crippen LogP contribution in [0.2, 0.25) is 0 Å². The van der Waals surface area contributed by atoms with E-state index in [9.17, 15) is 9.59 Å². The number of hydrogen-bond acceptors (Lipinski definition) is 5. The Balaban J connectivity index is 3.10. The van der Waals surface area contributed by atoms with Gasteiger partial charge in [0.15, 0.2) is 0 Å². The van der Waals surface area contributed by atoms with E-state index in [1.165, 1.54) is 6.07 Å². The number of rotatable bonds is 6. The second-order valence-corrected chi connectivity index (χ2v) is 5.21. The minimum absolute atomic E-state index is 0.266. The van der Waals surface area contributed by atoms with E-state index in [-0.39, 0.29) is 5.56 Å². The molecule has 1 rings (SSSR count). The first-order valence-electron chi connectivity index (χ1n) is 6.45. The van der Waals surface area contributed by atoms with Crippen molar-refractivity contribution in [1.29, 1.82) is 0 Å². The molecule has 0 saturated heterocycles. The highest BCUT2D eigenvalue weighted by Crippen LogP contribution is 2.22. The third-order valence-corrected chi connectivity index (χ3v) is 2.93. The van der Waals surface area contributed by atoms with Crippen LogP contribution in [0.1, 0.15) is 24.2 Å². The topological polar surface area (TPSA) is 136 Å². The summed E-state index contributed by atoms with van der Waals surface area (Å²) in [7, 11) is 0. The Morgan fingerprint density at radius 1 is 1.27 bits per heavy atom. The molecule has 0 aliphatic rings. The van der Waals surface area contributed by atoms with Crippen LogP contribution in [0.5, 0.6) is 0 Å². The lowest BCUT2D eigenvalue weighted by Crippen LogP contribution is -2.32. The number of amides is 2. The van der Waals surface area contributed by atoms with E-state index in [2.05, 4.69) is 10.6 Å². The number of anilines is 2. The molecular weight excluding hydrogens is 302 g/mol. The van der Waals surface area contributed by atoms with Crippen molar-refractivity contribution in [2.45, 2.75) is 19.9 Å². The van der Waals surface area contributed by atoms with Gasteiger partial charge in [0.1, 0.15) is 11.0 Å². The highest BCUT2D eigenvalue weighted by molar-refractivity contribution is 7.81. The maximum Gasteiger partial charge on any atom is 0.250 e. The molecule has 8 heteroatoms. The number of carbonyl (C=O) groups excluding carboxylic acids is 2. The number of allylic oxidation sites excluding steroid dienone is 1. The van der Waals surface area contributed by atoms with Gasteiger partial charge >= 0.3 is 0 Å². The van der Waals surface area contributed by atoms with E-state index in [1.807, 2.05) is 0 Å². The quantitative estimate of drug-likeness (QED) is 0.386. The summed E-state index contributed by atoms with van der Waals surface area (Å²) < 4.78 is 0. The smallest absolute Gasteiger partial charge is 0.250 e. The molecule has 0 spiro atoms. The summed E-state index contributed by atoms with van der Waals surface area (Å²) >= 11 is 5.12.